The predicted octanol–water partition coefficient (Wildman–Crippen LogP) is -0.220. The molecule has 8 heteroatoms. The minimum Gasteiger partial charge on any atom is -0.394 e. The van der Waals surface area contributed by atoms with Crippen LogP contribution in [0.5, 0.6) is 0 Å². The molecule has 122 valence electrons. The van der Waals surface area contributed by atoms with Gasteiger partial charge in [0, 0.05) is 12.1 Å². The molecule has 1 aromatic rings. The van der Waals surface area contributed by atoms with Crippen molar-refractivity contribution in [3.05, 3.63) is 11.9 Å². The molecule has 0 aromatic carbocycles. The monoisotopic (exact) mass is 327 g/mol. The summed E-state index contributed by atoms with van der Waals surface area (Å²) in [6.07, 6.45) is 2.56. The first-order chi connectivity index (χ1) is 10.5. The van der Waals surface area contributed by atoms with Crippen molar-refractivity contribution in [1.82, 2.24) is 9.97 Å². The zero-order chi connectivity index (χ0) is 15.9. The molecule has 2 aliphatic rings. The molecule has 1 saturated heterocycles. The van der Waals surface area contributed by atoms with Gasteiger partial charge in [0.25, 0.3) is 0 Å². The van der Waals surface area contributed by atoms with E-state index in [1.165, 1.54) is 13.3 Å². The highest BCUT2D eigenvalue weighted by Gasteiger charge is 2.55. The van der Waals surface area contributed by atoms with Gasteiger partial charge < -0.3 is 25.0 Å². The van der Waals surface area contributed by atoms with E-state index in [4.69, 9.17) is 4.74 Å². The Morgan fingerprint density at radius 3 is 2.91 bits per heavy atom. The first-order valence-corrected chi connectivity index (χ1v) is 8.54. The Bertz CT molecular complexity index is 557. The van der Waals surface area contributed by atoms with Crippen LogP contribution in [0.25, 0.3) is 0 Å². The quantitative estimate of drug-likeness (QED) is 0.518. The third kappa shape index (κ3) is 2.39. The number of rotatable bonds is 3. The second-order valence-electron chi connectivity index (χ2n) is 5.86. The summed E-state index contributed by atoms with van der Waals surface area (Å²) in [4.78, 5) is 10.5. The Morgan fingerprint density at radius 2 is 2.27 bits per heavy atom. The molecule has 2 aliphatic heterocycles. The highest BCUT2D eigenvalue weighted by Crippen LogP contribution is 2.39. The normalized spacial score (nSPS) is 34.8. The molecule has 0 spiro atoms. The van der Waals surface area contributed by atoms with Gasteiger partial charge in [0.15, 0.2) is 6.23 Å². The number of aliphatic hydroxyl groups excluding tert-OH is 2. The average Bonchev–Trinajstić information content (AvgIpc) is 2.76. The van der Waals surface area contributed by atoms with Crippen LogP contribution < -0.4 is 4.90 Å². The van der Waals surface area contributed by atoms with Crippen LogP contribution in [0.4, 0.5) is 5.82 Å². The van der Waals surface area contributed by atoms with Gasteiger partial charge in [0.1, 0.15) is 35.0 Å². The van der Waals surface area contributed by atoms with E-state index in [0.29, 0.717) is 6.54 Å². The fraction of sp³-hybridized carbons (Fsp3) is 0.714. The number of anilines is 1. The molecule has 4 atom stereocenters. The van der Waals surface area contributed by atoms with E-state index in [1.54, 1.807) is 11.8 Å². The van der Waals surface area contributed by atoms with Crippen molar-refractivity contribution in [1.29, 1.82) is 0 Å². The molecular weight excluding hydrogens is 306 g/mol. The van der Waals surface area contributed by atoms with Crippen molar-refractivity contribution >= 4 is 17.6 Å². The van der Waals surface area contributed by atoms with Gasteiger partial charge in [-0.2, -0.15) is 0 Å². The minimum atomic E-state index is -1.48. The lowest BCUT2D eigenvalue weighted by Crippen LogP contribution is -2.54. The number of thioether (sulfide) groups is 1. The summed E-state index contributed by atoms with van der Waals surface area (Å²) in [5.74, 6) is 0.738. The molecule has 1 unspecified atom stereocenters. The van der Waals surface area contributed by atoms with Crippen LogP contribution in [0.15, 0.2) is 11.4 Å². The summed E-state index contributed by atoms with van der Waals surface area (Å²) in [6.45, 7) is 1.86. The summed E-state index contributed by atoms with van der Waals surface area (Å²) in [6, 6.07) is 0. The van der Waals surface area contributed by atoms with E-state index in [0.717, 1.165) is 29.2 Å². The average molecular weight is 327 g/mol. The molecule has 3 N–H and O–H groups in total. The second-order valence-corrected chi connectivity index (χ2v) is 6.66. The van der Waals surface area contributed by atoms with Crippen LogP contribution in [-0.4, -0.2) is 68.7 Å². The minimum absolute atomic E-state index is 0.339. The molecule has 0 amide bonds. The van der Waals surface area contributed by atoms with E-state index >= 15 is 0 Å². The van der Waals surface area contributed by atoms with Crippen LogP contribution in [0, 0.1) is 0 Å². The Morgan fingerprint density at radius 1 is 1.50 bits per heavy atom. The Labute approximate surface area is 133 Å². The van der Waals surface area contributed by atoms with Crippen LogP contribution >= 0.6 is 11.8 Å². The third-order valence-corrected chi connectivity index (χ3v) is 5.13. The summed E-state index contributed by atoms with van der Waals surface area (Å²) >= 11 is 1.56. The maximum atomic E-state index is 10.7. The fourth-order valence-corrected chi connectivity index (χ4v) is 3.81. The molecule has 1 aromatic heterocycles. The molecule has 3 heterocycles. The second kappa shape index (κ2) is 5.93. The summed E-state index contributed by atoms with van der Waals surface area (Å²) in [7, 11) is 0. The highest BCUT2D eigenvalue weighted by molar-refractivity contribution is 7.98. The van der Waals surface area contributed by atoms with Gasteiger partial charge in [-0.1, -0.05) is 0 Å². The molecule has 0 aliphatic carbocycles. The van der Waals surface area contributed by atoms with Gasteiger partial charge in [-0.05, 0) is 26.0 Å². The topological polar surface area (TPSA) is 98.9 Å². The first-order valence-electron chi connectivity index (χ1n) is 7.32. The SMILES string of the molecule is CSc1ncnc2c1CCCN2C1O[C@H](CO)[C@@H](O)[C@@]1(C)O. The summed E-state index contributed by atoms with van der Waals surface area (Å²) < 4.78 is 5.72. The van der Waals surface area contributed by atoms with Gasteiger partial charge >= 0.3 is 0 Å². The van der Waals surface area contributed by atoms with E-state index in [-0.39, 0.29) is 6.61 Å². The maximum Gasteiger partial charge on any atom is 0.163 e. The molecule has 7 nitrogen and oxygen atoms in total. The lowest BCUT2D eigenvalue weighted by Gasteiger charge is -2.39. The van der Waals surface area contributed by atoms with Gasteiger partial charge in [-0.25, -0.2) is 9.97 Å². The Kier molecular flexibility index (Phi) is 4.30. The molecule has 0 saturated carbocycles. The van der Waals surface area contributed by atoms with Crippen molar-refractivity contribution in [2.75, 3.05) is 24.3 Å². The fourth-order valence-electron chi connectivity index (χ4n) is 3.22. The molecule has 1 fully saturated rings. The van der Waals surface area contributed by atoms with E-state index < -0.39 is 24.0 Å². The van der Waals surface area contributed by atoms with E-state index in [1.807, 2.05) is 11.2 Å². The lowest BCUT2D eigenvalue weighted by atomic mass is 9.94. The predicted molar refractivity (Wildman–Crippen MR) is 81.9 cm³/mol. The van der Waals surface area contributed by atoms with Crippen LogP contribution in [0.1, 0.15) is 18.9 Å². The van der Waals surface area contributed by atoms with Crippen molar-refractivity contribution in [3.8, 4) is 0 Å². The lowest BCUT2D eigenvalue weighted by molar-refractivity contribution is -0.0641. The number of hydrogen-bond donors (Lipinski definition) is 3. The molecule has 3 rings (SSSR count). The Hall–Kier alpha value is -0.930. The van der Waals surface area contributed by atoms with Gasteiger partial charge in [0.05, 0.1) is 6.61 Å². The highest BCUT2D eigenvalue weighted by atomic mass is 32.2. The van der Waals surface area contributed by atoms with Crippen LogP contribution in [0.2, 0.25) is 0 Å². The number of aromatic nitrogens is 2. The number of nitrogens with zero attached hydrogens (tertiary/aromatic N) is 3. The number of fused-ring (bicyclic) bond motifs is 1. The van der Waals surface area contributed by atoms with Crippen LogP contribution in [-0.2, 0) is 11.2 Å². The standard InChI is InChI=1S/C14H21N3O4S/c1-14(20)10(19)9(6-18)21-13(14)17-5-3-4-8-11(17)15-7-16-12(8)22-2/h7,9-10,13,18-20H,3-6H2,1-2H3/t9-,10-,13?,14-/m1/s1. The molecule has 0 radical (unpaired) electrons. The van der Waals surface area contributed by atoms with Gasteiger partial charge in [-0.15, -0.1) is 11.8 Å². The Balaban J connectivity index is 1.98. The van der Waals surface area contributed by atoms with Gasteiger partial charge in [0.2, 0.25) is 0 Å². The van der Waals surface area contributed by atoms with Crippen LogP contribution in [0.3, 0.4) is 0 Å². The largest absolute Gasteiger partial charge is 0.394 e. The van der Waals surface area contributed by atoms with Crippen molar-refractivity contribution in [2.45, 2.75) is 48.8 Å². The maximum absolute atomic E-state index is 10.7. The van der Waals surface area contributed by atoms with Gasteiger partial charge in [-0.3, -0.25) is 0 Å². The van der Waals surface area contributed by atoms with Crippen molar-refractivity contribution < 1.29 is 20.1 Å². The number of hydrogen-bond acceptors (Lipinski definition) is 8. The van der Waals surface area contributed by atoms with Crippen molar-refractivity contribution in [2.24, 2.45) is 0 Å². The third-order valence-electron chi connectivity index (χ3n) is 4.39. The number of aliphatic hydroxyl groups is 3. The molecular formula is C14H21N3O4S. The zero-order valence-electron chi connectivity index (χ0n) is 12.6. The zero-order valence-corrected chi connectivity index (χ0v) is 13.5. The summed E-state index contributed by atoms with van der Waals surface area (Å²) in [5.41, 5.74) is -0.436. The smallest absolute Gasteiger partial charge is 0.163 e. The first kappa shape index (κ1) is 15.9. The summed E-state index contributed by atoms with van der Waals surface area (Å²) in [5, 5.41) is 31.1. The number of ether oxygens (including phenoxy) is 1. The van der Waals surface area contributed by atoms with E-state index in [2.05, 4.69) is 9.97 Å². The van der Waals surface area contributed by atoms with E-state index in [9.17, 15) is 15.3 Å². The molecule has 0 bridgehead atoms. The van der Waals surface area contributed by atoms with Crippen molar-refractivity contribution in [3.63, 3.8) is 0 Å². The molecule has 22 heavy (non-hydrogen) atoms.